The van der Waals surface area contributed by atoms with Crippen LogP contribution < -0.4 is 5.32 Å². The molecule has 0 aliphatic carbocycles. The van der Waals surface area contributed by atoms with E-state index in [1.54, 1.807) is 0 Å². The van der Waals surface area contributed by atoms with Crippen LogP contribution >= 0.6 is 0 Å². The van der Waals surface area contributed by atoms with E-state index in [1.165, 1.54) is 12.0 Å². The molecule has 0 aromatic carbocycles. The molecule has 104 valence electrons. The molecule has 0 saturated heterocycles. The molecule has 1 aromatic heterocycles. The molecule has 1 atom stereocenters. The molecule has 0 radical (unpaired) electrons. The van der Waals surface area contributed by atoms with Crippen molar-refractivity contribution in [2.45, 2.75) is 66.5 Å². The molecule has 1 aromatic rings. The Kier molecular flexibility index (Phi) is 5.86. The second-order valence-electron chi connectivity index (χ2n) is 5.77. The van der Waals surface area contributed by atoms with E-state index in [2.05, 4.69) is 55.9 Å². The molecule has 0 bridgehead atoms. The molecule has 0 spiro atoms. The molecule has 3 nitrogen and oxygen atoms in total. The Balaban J connectivity index is 2.86. The maximum atomic E-state index is 4.46. The van der Waals surface area contributed by atoms with Crippen LogP contribution in [-0.4, -0.2) is 16.3 Å². The zero-order valence-electron chi connectivity index (χ0n) is 12.7. The van der Waals surface area contributed by atoms with Gasteiger partial charge in [0.15, 0.2) is 0 Å². The Morgan fingerprint density at radius 3 is 2.56 bits per heavy atom. The molecule has 0 aliphatic heterocycles. The van der Waals surface area contributed by atoms with Crippen molar-refractivity contribution in [3.8, 4) is 0 Å². The smallest absolute Gasteiger partial charge is 0.0537 e. The third kappa shape index (κ3) is 3.84. The predicted octanol–water partition coefficient (Wildman–Crippen LogP) is 3.77. The van der Waals surface area contributed by atoms with Crippen LogP contribution in [0.5, 0.6) is 0 Å². The van der Waals surface area contributed by atoms with Crippen LogP contribution in [-0.2, 0) is 6.54 Å². The molecular weight excluding hydrogens is 222 g/mol. The number of nitrogens with one attached hydrogen (secondary N) is 1. The van der Waals surface area contributed by atoms with Crippen molar-refractivity contribution in [3.05, 3.63) is 18.0 Å². The fourth-order valence-electron chi connectivity index (χ4n) is 2.22. The summed E-state index contributed by atoms with van der Waals surface area (Å²) < 4.78 is 2.06. The first kappa shape index (κ1) is 15.2. The summed E-state index contributed by atoms with van der Waals surface area (Å²) in [6.45, 7) is 13.4. The Hall–Kier alpha value is -0.830. The average molecular weight is 251 g/mol. The van der Waals surface area contributed by atoms with Gasteiger partial charge in [-0.15, -0.1) is 0 Å². The first-order valence-corrected chi connectivity index (χ1v) is 7.30. The topological polar surface area (TPSA) is 29.9 Å². The van der Waals surface area contributed by atoms with Gasteiger partial charge in [0.2, 0.25) is 0 Å². The van der Waals surface area contributed by atoms with Crippen LogP contribution in [0.1, 0.15) is 65.5 Å². The van der Waals surface area contributed by atoms with Crippen LogP contribution in [0.15, 0.2) is 12.4 Å². The summed E-state index contributed by atoms with van der Waals surface area (Å²) in [6.07, 6.45) is 7.69. The summed E-state index contributed by atoms with van der Waals surface area (Å²) in [5, 5.41) is 8.14. The van der Waals surface area contributed by atoms with Gasteiger partial charge >= 0.3 is 0 Å². The van der Waals surface area contributed by atoms with Crippen LogP contribution in [0.4, 0.5) is 0 Å². The van der Waals surface area contributed by atoms with E-state index in [-0.39, 0.29) is 5.41 Å². The molecule has 0 amide bonds. The van der Waals surface area contributed by atoms with E-state index in [4.69, 9.17) is 0 Å². The minimum atomic E-state index is 0.259. The molecule has 0 saturated carbocycles. The third-order valence-corrected chi connectivity index (χ3v) is 3.73. The first-order valence-electron chi connectivity index (χ1n) is 7.30. The monoisotopic (exact) mass is 251 g/mol. The van der Waals surface area contributed by atoms with Crippen molar-refractivity contribution >= 4 is 0 Å². The second-order valence-corrected chi connectivity index (χ2v) is 5.77. The molecule has 18 heavy (non-hydrogen) atoms. The largest absolute Gasteiger partial charge is 0.309 e. The van der Waals surface area contributed by atoms with Gasteiger partial charge in [0, 0.05) is 24.3 Å². The van der Waals surface area contributed by atoms with E-state index < -0.39 is 0 Å². The van der Waals surface area contributed by atoms with Crippen LogP contribution in [0.25, 0.3) is 0 Å². The Morgan fingerprint density at radius 1 is 1.28 bits per heavy atom. The van der Waals surface area contributed by atoms with Crippen molar-refractivity contribution in [2.24, 2.45) is 5.41 Å². The summed E-state index contributed by atoms with van der Waals surface area (Å²) in [4.78, 5) is 0. The minimum absolute atomic E-state index is 0.259. The lowest BCUT2D eigenvalue weighted by Crippen LogP contribution is -2.34. The maximum absolute atomic E-state index is 4.46. The zero-order valence-corrected chi connectivity index (χ0v) is 12.7. The number of aromatic nitrogens is 2. The molecule has 1 heterocycles. The summed E-state index contributed by atoms with van der Waals surface area (Å²) in [5.41, 5.74) is 1.58. The normalized spacial score (nSPS) is 13.8. The van der Waals surface area contributed by atoms with Crippen molar-refractivity contribution in [1.29, 1.82) is 0 Å². The predicted molar refractivity (Wildman–Crippen MR) is 77.6 cm³/mol. The van der Waals surface area contributed by atoms with Gasteiger partial charge in [0.05, 0.1) is 6.20 Å². The Morgan fingerprint density at radius 2 is 2.00 bits per heavy atom. The first-order chi connectivity index (χ1) is 8.55. The molecular formula is C15H29N3. The highest BCUT2D eigenvalue weighted by molar-refractivity contribution is 5.14. The van der Waals surface area contributed by atoms with Gasteiger partial charge in [0.25, 0.3) is 0 Å². The quantitative estimate of drug-likeness (QED) is 0.762. The van der Waals surface area contributed by atoms with Crippen molar-refractivity contribution in [1.82, 2.24) is 15.1 Å². The Bertz CT molecular complexity index is 341. The minimum Gasteiger partial charge on any atom is -0.309 e. The SMILES string of the molecule is CCCNC(c1cnn(CCC)c1)C(C)(C)CC. The van der Waals surface area contributed by atoms with Crippen LogP contribution in [0.3, 0.4) is 0 Å². The van der Waals surface area contributed by atoms with Crippen LogP contribution in [0, 0.1) is 5.41 Å². The van der Waals surface area contributed by atoms with Gasteiger partial charge in [-0.05, 0) is 31.2 Å². The molecule has 1 rings (SSSR count). The number of nitrogens with zero attached hydrogens (tertiary/aromatic N) is 2. The van der Waals surface area contributed by atoms with E-state index in [0.717, 1.165) is 25.9 Å². The van der Waals surface area contributed by atoms with Gasteiger partial charge in [0.1, 0.15) is 0 Å². The Labute approximate surface area is 112 Å². The number of hydrogen-bond donors (Lipinski definition) is 1. The van der Waals surface area contributed by atoms with E-state index >= 15 is 0 Å². The van der Waals surface area contributed by atoms with Gasteiger partial charge < -0.3 is 5.32 Å². The molecule has 1 unspecified atom stereocenters. The number of aryl methyl sites for hydroxylation is 1. The lowest BCUT2D eigenvalue weighted by Gasteiger charge is -2.33. The van der Waals surface area contributed by atoms with Crippen LogP contribution in [0.2, 0.25) is 0 Å². The molecule has 0 fully saturated rings. The van der Waals surface area contributed by atoms with Crippen molar-refractivity contribution in [2.75, 3.05) is 6.54 Å². The van der Waals surface area contributed by atoms with E-state index in [9.17, 15) is 0 Å². The van der Waals surface area contributed by atoms with Gasteiger partial charge in [-0.3, -0.25) is 4.68 Å². The number of hydrogen-bond acceptors (Lipinski definition) is 2. The highest BCUT2D eigenvalue weighted by atomic mass is 15.3. The lowest BCUT2D eigenvalue weighted by atomic mass is 9.79. The molecule has 1 N–H and O–H groups in total. The summed E-state index contributed by atoms with van der Waals surface area (Å²) in [5.74, 6) is 0. The average Bonchev–Trinajstić information content (AvgIpc) is 2.78. The molecule has 0 aliphatic rings. The van der Waals surface area contributed by atoms with Crippen molar-refractivity contribution in [3.63, 3.8) is 0 Å². The highest BCUT2D eigenvalue weighted by Crippen LogP contribution is 2.36. The zero-order chi connectivity index (χ0) is 13.6. The standard InChI is InChI=1S/C15H29N3/c1-6-9-16-14(15(4,5)8-3)13-11-17-18(12-13)10-7-2/h11-12,14,16H,6-10H2,1-5H3. The summed E-state index contributed by atoms with van der Waals surface area (Å²) in [7, 11) is 0. The second kappa shape index (κ2) is 6.93. The fraction of sp³-hybridized carbons (Fsp3) is 0.800. The van der Waals surface area contributed by atoms with Gasteiger partial charge in [-0.1, -0.05) is 34.6 Å². The summed E-state index contributed by atoms with van der Waals surface area (Å²) in [6, 6.07) is 0.396. The maximum Gasteiger partial charge on any atom is 0.0537 e. The molecule has 3 heteroatoms. The third-order valence-electron chi connectivity index (χ3n) is 3.73. The number of rotatable bonds is 8. The van der Waals surface area contributed by atoms with Gasteiger partial charge in [-0.2, -0.15) is 5.10 Å². The summed E-state index contributed by atoms with van der Waals surface area (Å²) >= 11 is 0. The van der Waals surface area contributed by atoms with Crippen molar-refractivity contribution < 1.29 is 0 Å². The lowest BCUT2D eigenvalue weighted by molar-refractivity contribution is 0.234. The fourth-order valence-corrected chi connectivity index (χ4v) is 2.22. The van der Waals surface area contributed by atoms with Gasteiger partial charge in [-0.25, -0.2) is 0 Å². The van der Waals surface area contributed by atoms with E-state index in [0.29, 0.717) is 6.04 Å². The van der Waals surface area contributed by atoms with E-state index in [1.807, 2.05) is 6.20 Å². The highest BCUT2D eigenvalue weighted by Gasteiger charge is 2.29.